The lowest BCUT2D eigenvalue weighted by Gasteiger charge is -2.21. The van der Waals surface area contributed by atoms with Gasteiger partial charge >= 0.3 is 39.5 Å². The summed E-state index contributed by atoms with van der Waals surface area (Å²) in [6, 6.07) is 0. The number of aliphatic hydroxyl groups excluding tert-OH is 1. The van der Waals surface area contributed by atoms with Gasteiger partial charge in [0, 0.05) is 25.7 Å². The number of carbonyl (C=O) groups excluding carboxylic acids is 4. The maximum absolute atomic E-state index is 13.1. The highest BCUT2D eigenvalue weighted by Gasteiger charge is 2.30. The van der Waals surface area contributed by atoms with E-state index in [-0.39, 0.29) is 25.7 Å². The standard InChI is InChI=1S/C85H146O17P2/c1-5-9-13-17-21-25-29-33-37-39-43-47-51-55-59-63-67-71-84(89)101-80(75-95-82(87)69-65-61-57-53-49-45-41-35-31-27-23-19-15-11-7-3)77-99-103(91,92)97-73-79(86)74-98-104(93,94)100-78-81(76-96-83(88)70-66-62-58-54-50-46-42-36-32-28-24-20-16-12-8-4)102-85(90)72-68-64-60-56-52-48-44-40-38-34-30-26-22-18-14-10-6-2/h21-23,25-27,33-35,37-38,41,43-44,47-48,55-56,59-60,79-81,86H,5-20,24,28-32,36,39-40,42,45-46,49-54,57-58,61-78H2,1-4H3,(H,91,92)(H,93,94)/b25-21-,26-22-,27-23-,37-33-,38-34-,41-35-,47-43-,48-44-,59-55-,60-56-/t79-,80+,81+/m0/s1. The van der Waals surface area contributed by atoms with Crippen LogP contribution in [0.15, 0.2) is 122 Å². The van der Waals surface area contributed by atoms with Gasteiger partial charge in [-0.25, -0.2) is 9.13 Å². The molecule has 0 saturated carbocycles. The van der Waals surface area contributed by atoms with E-state index in [0.717, 1.165) is 116 Å². The number of aliphatic hydroxyl groups is 1. The van der Waals surface area contributed by atoms with E-state index in [0.29, 0.717) is 38.5 Å². The van der Waals surface area contributed by atoms with E-state index in [1.165, 1.54) is 128 Å². The first-order valence-corrected chi connectivity index (χ1v) is 43.8. The van der Waals surface area contributed by atoms with Crippen LogP contribution in [0, 0.1) is 0 Å². The Morgan fingerprint density at radius 3 is 0.769 bits per heavy atom. The maximum Gasteiger partial charge on any atom is 0.472 e. The third-order valence-corrected chi connectivity index (χ3v) is 18.8. The Labute approximate surface area is 632 Å². The van der Waals surface area contributed by atoms with Crippen LogP contribution in [0.4, 0.5) is 0 Å². The molecule has 104 heavy (non-hydrogen) atoms. The van der Waals surface area contributed by atoms with Gasteiger partial charge in [-0.05, 0) is 135 Å². The van der Waals surface area contributed by atoms with Crippen molar-refractivity contribution in [3.63, 3.8) is 0 Å². The van der Waals surface area contributed by atoms with Crippen LogP contribution in [0.1, 0.15) is 336 Å². The molecule has 2 unspecified atom stereocenters. The molecule has 0 aliphatic carbocycles. The normalized spacial score (nSPS) is 14.5. The number of phosphoric ester groups is 2. The molecule has 0 aliphatic rings. The van der Waals surface area contributed by atoms with Crippen LogP contribution in [-0.2, 0) is 65.4 Å². The summed E-state index contributed by atoms with van der Waals surface area (Å²) in [6.07, 6.45) is 84.7. The van der Waals surface area contributed by atoms with Gasteiger partial charge in [-0.3, -0.25) is 37.3 Å². The van der Waals surface area contributed by atoms with E-state index < -0.39 is 97.5 Å². The van der Waals surface area contributed by atoms with Crippen molar-refractivity contribution in [2.75, 3.05) is 39.6 Å². The minimum absolute atomic E-state index is 0.0129. The Morgan fingerprint density at radius 1 is 0.269 bits per heavy atom. The predicted molar refractivity (Wildman–Crippen MR) is 427 cm³/mol. The molecule has 19 heteroatoms. The van der Waals surface area contributed by atoms with Gasteiger partial charge in [0.15, 0.2) is 12.2 Å². The van der Waals surface area contributed by atoms with E-state index in [4.69, 9.17) is 37.0 Å². The fraction of sp³-hybridized carbons (Fsp3) is 0.718. The summed E-state index contributed by atoms with van der Waals surface area (Å²) in [4.78, 5) is 73.0. The lowest BCUT2D eigenvalue weighted by atomic mass is 10.0. The molecule has 3 N–H and O–H groups in total. The Balaban J connectivity index is 5.47. The zero-order chi connectivity index (χ0) is 76.0. The third-order valence-electron chi connectivity index (χ3n) is 16.9. The number of carbonyl (C=O) groups is 4. The minimum Gasteiger partial charge on any atom is -0.462 e. The molecule has 598 valence electrons. The van der Waals surface area contributed by atoms with Gasteiger partial charge < -0.3 is 33.8 Å². The van der Waals surface area contributed by atoms with Crippen LogP contribution in [0.2, 0.25) is 0 Å². The van der Waals surface area contributed by atoms with Gasteiger partial charge in [-0.1, -0.05) is 297 Å². The lowest BCUT2D eigenvalue weighted by molar-refractivity contribution is -0.161. The SMILES string of the molecule is CCCCC/C=C\C/C=C\C/C=C\C/C=C\CCCC(=O)O[C@H](COC(=O)CCCCCCC/C=C\C/C=C\CCCCC)COP(=O)(O)OC[C@H](O)COP(=O)(O)OC[C@@H](COC(=O)CCCCCCCCCCCCCCCCC)OC(=O)CCC/C=C\C/C=C\C/C=C\C/C=C\CCCCC. The summed E-state index contributed by atoms with van der Waals surface area (Å²) in [7, 11) is -10.00. The van der Waals surface area contributed by atoms with E-state index in [2.05, 4.69) is 125 Å². The number of hydrogen-bond acceptors (Lipinski definition) is 15. The Morgan fingerprint density at radius 2 is 0.481 bits per heavy atom. The molecule has 0 aliphatic heterocycles. The molecule has 0 heterocycles. The van der Waals surface area contributed by atoms with Crippen molar-refractivity contribution in [2.24, 2.45) is 0 Å². The van der Waals surface area contributed by atoms with E-state index >= 15 is 0 Å². The highest BCUT2D eigenvalue weighted by molar-refractivity contribution is 7.47. The molecule has 0 fully saturated rings. The molecule has 17 nitrogen and oxygen atoms in total. The summed E-state index contributed by atoms with van der Waals surface area (Å²) >= 11 is 0. The number of unbranched alkanes of at least 4 members (excludes halogenated alkanes) is 30. The van der Waals surface area contributed by atoms with Gasteiger partial charge in [-0.2, -0.15) is 0 Å². The first kappa shape index (κ1) is 99.5. The molecule has 0 saturated heterocycles. The quantitative estimate of drug-likeness (QED) is 0.0169. The number of phosphoric acid groups is 2. The number of allylic oxidation sites excluding steroid dienone is 20. The van der Waals surface area contributed by atoms with Gasteiger partial charge in [0.2, 0.25) is 0 Å². The van der Waals surface area contributed by atoms with Crippen molar-refractivity contribution in [2.45, 2.75) is 354 Å². The van der Waals surface area contributed by atoms with Crippen molar-refractivity contribution in [1.29, 1.82) is 0 Å². The summed E-state index contributed by atoms with van der Waals surface area (Å²) in [5, 5.41) is 10.6. The fourth-order valence-corrected chi connectivity index (χ4v) is 12.2. The van der Waals surface area contributed by atoms with Crippen molar-refractivity contribution in [3.05, 3.63) is 122 Å². The minimum atomic E-state index is -5.00. The van der Waals surface area contributed by atoms with Gasteiger partial charge in [0.1, 0.15) is 19.3 Å². The van der Waals surface area contributed by atoms with Crippen molar-refractivity contribution >= 4 is 39.5 Å². The van der Waals surface area contributed by atoms with Gasteiger partial charge in [0.25, 0.3) is 0 Å². The highest BCUT2D eigenvalue weighted by Crippen LogP contribution is 2.45. The first-order chi connectivity index (χ1) is 50.7. The van der Waals surface area contributed by atoms with Crippen LogP contribution in [0.5, 0.6) is 0 Å². The Kier molecular flexibility index (Phi) is 73.3. The van der Waals surface area contributed by atoms with Gasteiger partial charge in [0.05, 0.1) is 26.4 Å². The third kappa shape index (κ3) is 75.7. The van der Waals surface area contributed by atoms with Crippen molar-refractivity contribution in [1.82, 2.24) is 0 Å². The Bertz CT molecular complexity index is 2440. The molecule has 0 bridgehead atoms. The number of rotatable bonds is 76. The van der Waals surface area contributed by atoms with Crippen molar-refractivity contribution < 1.29 is 80.2 Å². The zero-order valence-electron chi connectivity index (χ0n) is 65.4. The van der Waals surface area contributed by atoms with Crippen LogP contribution >= 0.6 is 15.6 Å². The van der Waals surface area contributed by atoms with Crippen LogP contribution in [-0.4, -0.2) is 96.7 Å². The molecule has 0 radical (unpaired) electrons. The highest BCUT2D eigenvalue weighted by atomic mass is 31.2. The summed E-state index contributed by atoms with van der Waals surface area (Å²) < 4.78 is 68.5. The number of esters is 4. The fourth-order valence-electron chi connectivity index (χ4n) is 10.6. The van der Waals surface area contributed by atoms with E-state index in [1.54, 1.807) is 0 Å². The lowest BCUT2D eigenvalue weighted by Crippen LogP contribution is -2.30. The van der Waals surface area contributed by atoms with Crippen LogP contribution in [0.3, 0.4) is 0 Å². The molecule has 0 aromatic carbocycles. The average Bonchev–Trinajstić information content (AvgIpc) is 0.907. The monoisotopic (exact) mass is 1500 g/mol. The maximum atomic E-state index is 13.1. The smallest absolute Gasteiger partial charge is 0.462 e. The summed E-state index contributed by atoms with van der Waals surface area (Å²) in [5.41, 5.74) is 0. The molecule has 5 atom stereocenters. The number of ether oxygens (including phenoxy) is 4. The molecule has 0 aromatic heterocycles. The van der Waals surface area contributed by atoms with E-state index in [1.807, 2.05) is 24.3 Å². The predicted octanol–water partition coefficient (Wildman–Crippen LogP) is 23.9. The second-order valence-corrected chi connectivity index (χ2v) is 29.9. The van der Waals surface area contributed by atoms with Crippen LogP contribution in [0.25, 0.3) is 0 Å². The summed E-state index contributed by atoms with van der Waals surface area (Å²) in [6.45, 7) is 4.68. The molecule has 0 spiro atoms. The average molecular weight is 1500 g/mol. The van der Waals surface area contributed by atoms with Crippen molar-refractivity contribution in [3.8, 4) is 0 Å². The summed E-state index contributed by atoms with van der Waals surface area (Å²) in [5.74, 6) is -2.31. The number of hydrogen-bond donors (Lipinski definition) is 3. The molecular formula is C85H146O17P2. The molecular weight excluding hydrogens is 1350 g/mol. The second kappa shape index (κ2) is 76.6. The zero-order valence-corrected chi connectivity index (χ0v) is 67.2. The first-order valence-electron chi connectivity index (χ1n) is 40.8. The van der Waals surface area contributed by atoms with Gasteiger partial charge in [-0.15, -0.1) is 0 Å². The topological polar surface area (TPSA) is 237 Å². The Hall–Kier alpha value is -4.54. The van der Waals surface area contributed by atoms with Crippen LogP contribution < -0.4 is 0 Å². The van der Waals surface area contributed by atoms with E-state index in [9.17, 15) is 43.2 Å². The molecule has 0 amide bonds. The largest absolute Gasteiger partial charge is 0.472 e. The second-order valence-electron chi connectivity index (χ2n) is 27.0. The molecule has 0 rings (SSSR count). The molecule has 0 aromatic rings.